The minimum absolute atomic E-state index is 0.100. The summed E-state index contributed by atoms with van der Waals surface area (Å²) >= 11 is 1.46. The summed E-state index contributed by atoms with van der Waals surface area (Å²) < 4.78 is 5.23. The number of methoxy groups -OCH3 is 1. The summed E-state index contributed by atoms with van der Waals surface area (Å²) in [5.74, 6) is 0.775. The largest absolute Gasteiger partial charge is 0.497 e. The van der Waals surface area contributed by atoms with Crippen molar-refractivity contribution in [2.45, 2.75) is 12.5 Å². The Balaban J connectivity index is 1.70. The summed E-state index contributed by atoms with van der Waals surface area (Å²) in [6.07, 6.45) is 0.520. The first-order valence-electron chi connectivity index (χ1n) is 7.97. The fourth-order valence-corrected chi connectivity index (χ4v) is 4.35. The van der Waals surface area contributed by atoms with Crippen LogP contribution in [-0.4, -0.2) is 41.9 Å². The molecule has 3 heterocycles. The molecule has 2 fully saturated rings. The van der Waals surface area contributed by atoms with E-state index in [9.17, 15) is 9.59 Å². The molecule has 0 N–H and O–H groups in total. The molecule has 2 aliphatic rings. The van der Waals surface area contributed by atoms with Gasteiger partial charge in [-0.2, -0.15) is 0 Å². The van der Waals surface area contributed by atoms with Crippen LogP contribution in [0.15, 0.2) is 41.8 Å². The lowest BCUT2D eigenvalue weighted by molar-refractivity contribution is -0.135. The lowest BCUT2D eigenvalue weighted by Crippen LogP contribution is -2.33. The van der Waals surface area contributed by atoms with Crippen molar-refractivity contribution in [1.29, 1.82) is 0 Å². The molecule has 0 radical (unpaired) electrons. The van der Waals surface area contributed by atoms with Crippen molar-refractivity contribution >= 4 is 23.0 Å². The Labute approximate surface area is 144 Å². The molecule has 0 spiro atoms. The summed E-state index contributed by atoms with van der Waals surface area (Å²) in [6, 6.07) is 11.4. The number of Topliss-reactive ketones (excluding diaryl/α,β-unsaturated/α-hetero) is 1. The highest BCUT2D eigenvalue weighted by Gasteiger charge is 2.49. The highest BCUT2D eigenvalue weighted by molar-refractivity contribution is 7.12. The average Bonchev–Trinajstić information content (AvgIpc) is 3.32. The van der Waals surface area contributed by atoms with E-state index in [0.29, 0.717) is 19.5 Å². The molecule has 4 rings (SSSR count). The maximum absolute atomic E-state index is 13.0. The number of carbonyl (C=O) groups is 2. The van der Waals surface area contributed by atoms with Crippen LogP contribution < -0.4 is 4.74 Å². The van der Waals surface area contributed by atoms with Crippen LogP contribution in [0.2, 0.25) is 0 Å². The molecule has 2 saturated heterocycles. The third-order valence-corrected chi connectivity index (χ3v) is 5.67. The van der Waals surface area contributed by atoms with Crippen LogP contribution in [-0.2, 0) is 4.79 Å². The van der Waals surface area contributed by atoms with Crippen LogP contribution in [0.5, 0.6) is 5.75 Å². The van der Waals surface area contributed by atoms with Gasteiger partial charge in [0.25, 0.3) is 0 Å². The van der Waals surface area contributed by atoms with Crippen molar-refractivity contribution in [3.05, 3.63) is 52.2 Å². The van der Waals surface area contributed by atoms with Crippen LogP contribution in [0.25, 0.3) is 0 Å². The molecule has 0 aliphatic carbocycles. The molecular formula is C18H18N2O3S. The minimum atomic E-state index is -0.235. The first kappa shape index (κ1) is 15.4. The fourth-order valence-electron chi connectivity index (χ4n) is 3.63. The molecule has 1 amide bonds. The van der Waals surface area contributed by atoms with Gasteiger partial charge in [0.2, 0.25) is 5.91 Å². The van der Waals surface area contributed by atoms with E-state index in [4.69, 9.17) is 4.74 Å². The van der Waals surface area contributed by atoms with Crippen molar-refractivity contribution in [2.75, 3.05) is 20.2 Å². The van der Waals surface area contributed by atoms with E-state index in [0.717, 1.165) is 16.2 Å². The Morgan fingerprint density at radius 3 is 2.71 bits per heavy atom. The summed E-state index contributed by atoms with van der Waals surface area (Å²) in [5.41, 5.74) is 1.04. The summed E-state index contributed by atoms with van der Waals surface area (Å²) in [4.78, 5) is 25.9. The number of amides is 1. The number of nitrogens with zero attached hydrogens (tertiary/aromatic N) is 2. The molecule has 0 saturated carbocycles. The number of thiophene rings is 1. The highest BCUT2D eigenvalue weighted by atomic mass is 32.1. The van der Waals surface area contributed by atoms with E-state index in [1.54, 1.807) is 12.1 Å². The second-order valence-corrected chi connectivity index (χ2v) is 7.00. The minimum Gasteiger partial charge on any atom is -0.497 e. The van der Waals surface area contributed by atoms with Gasteiger partial charge in [0, 0.05) is 19.5 Å². The van der Waals surface area contributed by atoms with Gasteiger partial charge in [0.1, 0.15) is 5.75 Å². The standard InChI is InChI=1S/C18H18N2O3S/c1-23-13-6-4-12(5-7-13)17-14(18(22)15-3-2-10-24-15)11-20-16(21)8-9-19(17)20/h2-7,10,14,17H,8-9,11H2,1H3. The predicted octanol–water partition coefficient (Wildman–Crippen LogP) is 2.76. The van der Waals surface area contributed by atoms with Crippen molar-refractivity contribution in [1.82, 2.24) is 10.0 Å². The van der Waals surface area contributed by atoms with Crippen LogP contribution in [0.4, 0.5) is 0 Å². The zero-order valence-electron chi connectivity index (χ0n) is 13.3. The predicted molar refractivity (Wildman–Crippen MR) is 90.9 cm³/mol. The van der Waals surface area contributed by atoms with Gasteiger partial charge in [-0.15, -0.1) is 11.3 Å². The molecule has 124 valence electrons. The van der Waals surface area contributed by atoms with Gasteiger partial charge in [-0.3, -0.25) is 14.6 Å². The summed E-state index contributed by atoms with van der Waals surface area (Å²) in [7, 11) is 1.63. The maximum atomic E-state index is 13.0. The molecule has 24 heavy (non-hydrogen) atoms. The highest BCUT2D eigenvalue weighted by Crippen LogP contribution is 2.42. The van der Waals surface area contributed by atoms with E-state index < -0.39 is 0 Å². The fraction of sp³-hybridized carbons (Fsp3) is 0.333. The number of hydrazine groups is 1. The molecule has 2 aromatic rings. The van der Waals surface area contributed by atoms with Crippen molar-refractivity contribution in [3.63, 3.8) is 0 Å². The SMILES string of the molecule is COc1ccc(C2C(C(=O)c3cccs3)CN3C(=O)CCN23)cc1. The molecule has 5 nitrogen and oxygen atoms in total. The Hall–Kier alpha value is -2.18. The van der Waals surface area contributed by atoms with Gasteiger partial charge < -0.3 is 4.74 Å². The van der Waals surface area contributed by atoms with Crippen molar-refractivity contribution in [2.24, 2.45) is 5.92 Å². The molecule has 1 aromatic carbocycles. The van der Waals surface area contributed by atoms with E-state index in [-0.39, 0.29) is 23.7 Å². The molecule has 0 bridgehead atoms. The number of hydrogen-bond donors (Lipinski definition) is 0. The first-order valence-corrected chi connectivity index (χ1v) is 8.85. The van der Waals surface area contributed by atoms with Gasteiger partial charge in [0.15, 0.2) is 5.78 Å². The van der Waals surface area contributed by atoms with Crippen LogP contribution in [0, 0.1) is 5.92 Å². The molecule has 2 aliphatic heterocycles. The summed E-state index contributed by atoms with van der Waals surface area (Å²) in [5, 5.41) is 5.72. The van der Waals surface area contributed by atoms with Crippen molar-refractivity contribution < 1.29 is 14.3 Å². The normalized spacial score (nSPS) is 23.5. The number of hydrogen-bond acceptors (Lipinski definition) is 5. The van der Waals surface area contributed by atoms with E-state index in [2.05, 4.69) is 5.01 Å². The Morgan fingerprint density at radius 2 is 2.04 bits per heavy atom. The van der Waals surface area contributed by atoms with E-state index in [1.807, 2.05) is 41.8 Å². The number of ether oxygens (including phenoxy) is 1. The molecular weight excluding hydrogens is 324 g/mol. The zero-order valence-corrected chi connectivity index (χ0v) is 14.2. The topological polar surface area (TPSA) is 49.9 Å². The molecule has 2 atom stereocenters. The zero-order chi connectivity index (χ0) is 16.7. The number of ketones is 1. The number of benzene rings is 1. The average molecular weight is 342 g/mol. The molecule has 1 aromatic heterocycles. The Bertz CT molecular complexity index is 757. The lowest BCUT2D eigenvalue weighted by atomic mass is 9.89. The van der Waals surface area contributed by atoms with Crippen LogP contribution in [0.1, 0.15) is 27.7 Å². The quantitative estimate of drug-likeness (QED) is 0.802. The number of carbonyl (C=O) groups excluding carboxylic acids is 2. The van der Waals surface area contributed by atoms with Crippen LogP contribution in [0.3, 0.4) is 0 Å². The molecule has 2 unspecified atom stereocenters. The van der Waals surface area contributed by atoms with E-state index >= 15 is 0 Å². The second kappa shape index (κ2) is 6.03. The third kappa shape index (κ3) is 2.42. The van der Waals surface area contributed by atoms with Gasteiger partial charge in [-0.05, 0) is 29.1 Å². The van der Waals surface area contributed by atoms with Crippen molar-refractivity contribution in [3.8, 4) is 5.75 Å². The Kier molecular flexibility index (Phi) is 3.86. The monoisotopic (exact) mass is 342 g/mol. The second-order valence-electron chi connectivity index (χ2n) is 6.05. The Morgan fingerprint density at radius 1 is 1.25 bits per heavy atom. The number of fused-ring (bicyclic) bond motifs is 1. The van der Waals surface area contributed by atoms with Crippen LogP contribution >= 0.6 is 11.3 Å². The smallest absolute Gasteiger partial charge is 0.238 e. The third-order valence-electron chi connectivity index (χ3n) is 4.78. The van der Waals surface area contributed by atoms with Gasteiger partial charge in [-0.25, -0.2) is 5.01 Å². The van der Waals surface area contributed by atoms with Gasteiger partial charge in [-0.1, -0.05) is 18.2 Å². The maximum Gasteiger partial charge on any atom is 0.238 e. The summed E-state index contributed by atoms with van der Waals surface area (Å²) in [6.45, 7) is 1.13. The number of rotatable bonds is 4. The van der Waals surface area contributed by atoms with E-state index in [1.165, 1.54) is 11.3 Å². The van der Waals surface area contributed by atoms with Gasteiger partial charge >= 0.3 is 0 Å². The van der Waals surface area contributed by atoms with Gasteiger partial charge in [0.05, 0.1) is 23.9 Å². The molecule has 6 heteroatoms. The lowest BCUT2D eigenvalue weighted by Gasteiger charge is -2.26. The first-order chi connectivity index (χ1) is 11.7.